The maximum absolute atomic E-state index is 11.8. The van der Waals surface area contributed by atoms with Crippen LogP contribution in [-0.4, -0.2) is 36.1 Å². The van der Waals surface area contributed by atoms with Gasteiger partial charge in [0.05, 0.1) is 6.54 Å². The summed E-state index contributed by atoms with van der Waals surface area (Å²) < 4.78 is 0. The molecule has 5 heteroatoms. The van der Waals surface area contributed by atoms with Crippen molar-refractivity contribution in [3.05, 3.63) is 35.4 Å². The number of carboxylic acids is 1. The molecule has 0 aliphatic rings. The summed E-state index contributed by atoms with van der Waals surface area (Å²) in [7, 11) is 0. The van der Waals surface area contributed by atoms with E-state index in [9.17, 15) is 14.7 Å². The summed E-state index contributed by atoms with van der Waals surface area (Å²) in [6, 6.07) is 7.72. The Balaban J connectivity index is 2.34. The third kappa shape index (κ3) is 6.71. The Hall–Kier alpha value is -1.88. The Bertz CT molecular complexity index is 526. The molecule has 1 aromatic carbocycles. The van der Waals surface area contributed by atoms with E-state index in [1.165, 1.54) is 11.1 Å². The van der Waals surface area contributed by atoms with Gasteiger partial charge < -0.3 is 10.4 Å². The van der Waals surface area contributed by atoms with Gasteiger partial charge in [0.2, 0.25) is 5.91 Å². The van der Waals surface area contributed by atoms with E-state index in [0.717, 1.165) is 12.8 Å². The minimum atomic E-state index is -0.914. The second-order valence-corrected chi connectivity index (χ2v) is 6.58. The van der Waals surface area contributed by atoms with Crippen LogP contribution in [0.5, 0.6) is 0 Å². The van der Waals surface area contributed by atoms with Gasteiger partial charge in [-0.2, -0.15) is 0 Å². The topological polar surface area (TPSA) is 78.4 Å². The van der Waals surface area contributed by atoms with E-state index in [4.69, 9.17) is 0 Å². The highest BCUT2D eigenvalue weighted by Crippen LogP contribution is 2.14. The van der Waals surface area contributed by atoms with Gasteiger partial charge in [-0.25, -0.2) is 0 Å². The quantitative estimate of drug-likeness (QED) is 0.614. The van der Waals surface area contributed by atoms with Gasteiger partial charge in [0.1, 0.15) is 6.04 Å². The Labute approximate surface area is 144 Å². The van der Waals surface area contributed by atoms with Crippen molar-refractivity contribution >= 4 is 11.9 Å². The van der Waals surface area contributed by atoms with Crippen LogP contribution in [0, 0.1) is 5.92 Å². The third-order valence-electron chi connectivity index (χ3n) is 4.34. The van der Waals surface area contributed by atoms with Gasteiger partial charge in [-0.05, 0) is 29.4 Å². The van der Waals surface area contributed by atoms with Crippen LogP contribution in [0.25, 0.3) is 0 Å². The third-order valence-corrected chi connectivity index (χ3v) is 4.34. The fourth-order valence-corrected chi connectivity index (χ4v) is 2.45. The summed E-state index contributed by atoms with van der Waals surface area (Å²) in [5.74, 6) is -0.599. The number of aliphatic carboxylic acids is 1. The van der Waals surface area contributed by atoms with Crippen molar-refractivity contribution in [2.75, 3.05) is 13.1 Å². The Kier molecular flexibility index (Phi) is 8.47. The predicted octanol–water partition coefficient (Wildman–Crippen LogP) is 2.56. The summed E-state index contributed by atoms with van der Waals surface area (Å²) in [5, 5.41) is 14.8. The van der Waals surface area contributed by atoms with Crippen LogP contribution in [-0.2, 0) is 16.0 Å². The first kappa shape index (κ1) is 20.2. The molecule has 0 aliphatic carbocycles. The summed E-state index contributed by atoms with van der Waals surface area (Å²) in [5.41, 5.74) is 2.48. The zero-order chi connectivity index (χ0) is 18.1. The van der Waals surface area contributed by atoms with Crippen LogP contribution >= 0.6 is 0 Å². The molecule has 1 aromatic rings. The molecule has 0 saturated carbocycles. The summed E-state index contributed by atoms with van der Waals surface area (Å²) in [6.07, 6.45) is 1.51. The minimum absolute atomic E-state index is 0.0187. The minimum Gasteiger partial charge on any atom is -0.480 e. The molecule has 24 heavy (non-hydrogen) atoms. The van der Waals surface area contributed by atoms with Gasteiger partial charge >= 0.3 is 5.97 Å². The molecule has 1 rings (SSSR count). The first-order valence-electron chi connectivity index (χ1n) is 8.66. The van der Waals surface area contributed by atoms with Crippen LogP contribution in [0.15, 0.2) is 24.3 Å². The highest BCUT2D eigenvalue weighted by Gasteiger charge is 2.23. The lowest BCUT2D eigenvalue weighted by Crippen LogP contribution is -2.46. The molecule has 2 atom stereocenters. The van der Waals surface area contributed by atoms with Crippen molar-refractivity contribution in [1.29, 1.82) is 0 Å². The van der Waals surface area contributed by atoms with Crippen LogP contribution in [0.4, 0.5) is 0 Å². The van der Waals surface area contributed by atoms with Crippen LogP contribution < -0.4 is 10.6 Å². The van der Waals surface area contributed by atoms with Gasteiger partial charge in [-0.3, -0.25) is 14.9 Å². The molecule has 5 nitrogen and oxygen atoms in total. The number of hydrogen-bond acceptors (Lipinski definition) is 3. The lowest BCUT2D eigenvalue weighted by molar-refractivity contribution is -0.140. The molecule has 0 heterocycles. The van der Waals surface area contributed by atoms with Crippen LogP contribution in [0.1, 0.15) is 51.2 Å². The van der Waals surface area contributed by atoms with E-state index in [1.807, 2.05) is 13.8 Å². The molecule has 0 aromatic heterocycles. The molecule has 0 aliphatic heterocycles. The predicted molar refractivity (Wildman–Crippen MR) is 96.1 cm³/mol. The second kappa shape index (κ2) is 10.1. The van der Waals surface area contributed by atoms with E-state index in [0.29, 0.717) is 12.5 Å². The molecule has 0 saturated heterocycles. The molecular formula is C19H30N2O3. The van der Waals surface area contributed by atoms with E-state index in [2.05, 4.69) is 48.7 Å². The zero-order valence-electron chi connectivity index (χ0n) is 15.1. The smallest absolute Gasteiger partial charge is 0.320 e. The highest BCUT2D eigenvalue weighted by atomic mass is 16.4. The van der Waals surface area contributed by atoms with E-state index in [-0.39, 0.29) is 18.4 Å². The Morgan fingerprint density at radius 1 is 1.12 bits per heavy atom. The van der Waals surface area contributed by atoms with Gasteiger partial charge in [-0.15, -0.1) is 0 Å². The largest absolute Gasteiger partial charge is 0.480 e. The number of carboxylic acid groups (broad SMARTS) is 1. The fraction of sp³-hybridized carbons (Fsp3) is 0.579. The fourth-order valence-electron chi connectivity index (χ4n) is 2.45. The summed E-state index contributed by atoms with van der Waals surface area (Å²) >= 11 is 0. The van der Waals surface area contributed by atoms with E-state index >= 15 is 0 Å². The van der Waals surface area contributed by atoms with Gasteiger partial charge in [0.25, 0.3) is 0 Å². The zero-order valence-corrected chi connectivity index (χ0v) is 15.1. The lowest BCUT2D eigenvalue weighted by atomic mass is 9.99. The molecule has 0 unspecified atom stereocenters. The number of carbonyl (C=O) groups is 2. The number of nitrogens with one attached hydrogen (secondary N) is 2. The van der Waals surface area contributed by atoms with Gasteiger partial charge in [0, 0.05) is 6.54 Å². The summed E-state index contributed by atoms with van der Waals surface area (Å²) in [6.45, 7) is 8.69. The van der Waals surface area contributed by atoms with Gasteiger partial charge in [-0.1, -0.05) is 58.4 Å². The average molecular weight is 334 g/mol. The maximum atomic E-state index is 11.8. The van der Waals surface area contributed by atoms with Crippen molar-refractivity contribution in [2.24, 2.45) is 5.92 Å². The van der Waals surface area contributed by atoms with Crippen molar-refractivity contribution < 1.29 is 14.7 Å². The highest BCUT2D eigenvalue weighted by molar-refractivity contribution is 5.80. The lowest BCUT2D eigenvalue weighted by Gasteiger charge is -2.19. The number of carbonyl (C=O) groups excluding carboxylic acids is 1. The van der Waals surface area contributed by atoms with Crippen LogP contribution in [0.3, 0.4) is 0 Å². The standard InChI is InChI=1S/C19H30N2O3/c1-5-14(4)18(19(23)24)21-12-17(22)20-11-10-15-6-8-16(9-7-15)13(2)3/h6-9,13-14,18,21H,5,10-12H2,1-4H3,(H,20,22)(H,23,24)/t14-,18-/m0/s1. The first-order valence-corrected chi connectivity index (χ1v) is 8.66. The number of benzene rings is 1. The van der Waals surface area contributed by atoms with Crippen molar-refractivity contribution in [3.8, 4) is 0 Å². The number of hydrogen-bond donors (Lipinski definition) is 3. The van der Waals surface area contributed by atoms with Crippen LogP contribution in [0.2, 0.25) is 0 Å². The molecule has 0 spiro atoms. The van der Waals surface area contributed by atoms with Crippen molar-refractivity contribution in [3.63, 3.8) is 0 Å². The molecule has 134 valence electrons. The molecule has 0 fully saturated rings. The monoisotopic (exact) mass is 334 g/mol. The Morgan fingerprint density at radius 2 is 1.75 bits per heavy atom. The molecule has 0 bridgehead atoms. The SMILES string of the molecule is CC[C@H](C)[C@H](NCC(=O)NCCc1ccc(C(C)C)cc1)C(=O)O. The van der Waals surface area contributed by atoms with E-state index < -0.39 is 12.0 Å². The van der Waals surface area contributed by atoms with Crippen molar-refractivity contribution in [2.45, 2.75) is 52.5 Å². The Morgan fingerprint density at radius 3 is 2.25 bits per heavy atom. The average Bonchev–Trinajstić information content (AvgIpc) is 2.54. The van der Waals surface area contributed by atoms with Crippen molar-refractivity contribution in [1.82, 2.24) is 10.6 Å². The van der Waals surface area contributed by atoms with Gasteiger partial charge in [0.15, 0.2) is 0 Å². The maximum Gasteiger partial charge on any atom is 0.320 e. The number of rotatable bonds is 10. The molecule has 3 N–H and O–H groups in total. The first-order chi connectivity index (χ1) is 11.3. The molecular weight excluding hydrogens is 304 g/mol. The van der Waals surface area contributed by atoms with E-state index in [1.54, 1.807) is 0 Å². The second-order valence-electron chi connectivity index (χ2n) is 6.58. The normalized spacial score (nSPS) is 13.5. The summed E-state index contributed by atoms with van der Waals surface area (Å²) in [4.78, 5) is 23.0. The molecule has 1 amide bonds. The number of amides is 1. The molecule has 0 radical (unpaired) electrons.